The van der Waals surface area contributed by atoms with Crippen molar-refractivity contribution in [3.05, 3.63) is 59.7 Å². The predicted molar refractivity (Wildman–Crippen MR) is 113 cm³/mol. The molecule has 1 unspecified atom stereocenters. The van der Waals surface area contributed by atoms with Gasteiger partial charge in [0.05, 0.1) is 13.5 Å². The zero-order valence-corrected chi connectivity index (χ0v) is 17.8. The number of rotatable bonds is 9. The van der Waals surface area contributed by atoms with Crippen LogP contribution in [0.2, 0.25) is 0 Å². The minimum Gasteiger partial charge on any atom is -0.493 e. The maximum absolute atomic E-state index is 12.0. The Bertz CT molecular complexity index is 845. The highest BCUT2D eigenvalue weighted by molar-refractivity contribution is 5.70. The molecule has 1 atom stereocenters. The standard InChI is InChI=1S/C23H29NO6/c1-23(2,3)30-22(27)24-14-18(13-21(25)26)17-10-11-19(20(12-17)28-4)29-15-16-8-6-5-7-9-16/h5-12,18H,13-15H2,1-4H3,(H,24,27)(H,25,26). The van der Waals surface area contributed by atoms with E-state index < -0.39 is 23.6 Å². The topological polar surface area (TPSA) is 94.1 Å². The first-order valence-corrected chi connectivity index (χ1v) is 9.71. The summed E-state index contributed by atoms with van der Waals surface area (Å²) < 4.78 is 16.5. The molecule has 30 heavy (non-hydrogen) atoms. The number of carboxylic acid groups (broad SMARTS) is 1. The largest absolute Gasteiger partial charge is 0.493 e. The lowest BCUT2D eigenvalue weighted by molar-refractivity contribution is -0.137. The fourth-order valence-electron chi connectivity index (χ4n) is 2.83. The Hall–Kier alpha value is -3.22. The number of carboxylic acids is 1. The summed E-state index contributed by atoms with van der Waals surface area (Å²) in [5, 5.41) is 11.9. The highest BCUT2D eigenvalue weighted by atomic mass is 16.6. The second-order valence-corrected chi connectivity index (χ2v) is 7.86. The molecule has 2 aromatic carbocycles. The number of amides is 1. The third kappa shape index (κ3) is 7.66. The highest BCUT2D eigenvalue weighted by Crippen LogP contribution is 2.32. The molecule has 0 fully saturated rings. The fourth-order valence-corrected chi connectivity index (χ4v) is 2.83. The van der Waals surface area contributed by atoms with E-state index in [0.29, 0.717) is 18.1 Å². The number of methoxy groups -OCH3 is 1. The summed E-state index contributed by atoms with van der Waals surface area (Å²) >= 11 is 0. The van der Waals surface area contributed by atoms with Crippen LogP contribution in [0, 0.1) is 0 Å². The monoisotopic (exact) mass is 415 g/mol. The first-order chi connectivity index (χ1) is 14.2. The third-order valence-corrected chi connectivity index (χ3v) is 4.21. The van der Waals surface area contributed by atoms with E-state index in [-0.39, 0.29) is 13.0 Å². The third-order valence-electron chi connectivity index (χ3n) is 4.21. The zero-order chi connectivity index (χ0) is 22.1. The molecule has 7 heteroatoms. The Morgan fingerprint density at radius 1 is 1.07 bits per heavy atom. The molecular formula is C23H29NO6. The van der Waals surface area contributed by atoms with Crippen molar-refractivity contribution in [3.63, 3.8) is 0 Å². The lowest BCUT2D eigenvalue weighted by atomic mass is 9.95. The minimum absolute atomic E-state index is 0.120. The second-order valence-electron chi connectivity index (χ2n) is 7.86. The molecular weight excluding hydrogens is 386 g/mol. The number of hydrogen-bond donors (Lipinski definition) is 2. The van der Waals surface area contributed by atoms with Crippen LogP contribution in [-0.2, 0) is 16.1 Å². The quantitative estimate of drug-likeness (QED) is 0.632. The minimum atomic E-state index is -0.964. The van der Waals surface area contributed by atoms with Crippen LogP contribution in [0.1, 0.15) is 44.2 Å². The van der Waals surface area contributed by atoms with Crippen LogP contribution in [-0.4, -0.2) is 36.4 Å². The van der Waals surface area contributed by atoms with Crippen LogP contribution in [0.4, 0.5) is 4.79 Å². The average Bonchev–Trinajstić information content (AvgIpc) is 2.68. The van der Waals surface area contributed by atoms with Gasteiger partial charge in [0.15, 0.2) is 11.5 Å². The SMILES string of the molecule is COc1cc(C(CNC(=O)OC(C)(C)C)CC(=O)O)ccc1OCc1ccccc1. The molecule has 0 heterocycles. The number of carbonyl (C=O) groups excluding carboxylic acids is 1. The molecule has 2 aromatic rings. The summed E-state index contributed by atoms with van der Waals surface area (Å²) in [5.74, 6) is -0.364. The molecule has 0 saturated carbocycles. The molecule has 0 spiro atoms. The summed E-state index contributed by atoms with van der Waals surface area (Å²) in [5.41, 5.74) is 1.11. The normalized spacial score (nSPS) is 12.0. The lowest BCUT2D eigenvalue weighted by Crippen LogP contribution is -2.35. The molecule has 1 amide bonds. The van der Waals surface area contributed by atoms with Gasteiger partial charge in [-0.05, 0) is 44.0 Å². The molecule has 7 nitrogen and oxygen atoms in total. The first kappa shape index (κ1) is 23.1. The summed E-state index contributed by atoms with van der Waals surface area (Å²) in [6.45, 7) is 5.80. The summed E-state index contributed by atoms with van der Waals surface area (Å²) in [6.07, 6.45) is -0.740. The second kappa shape index (κ2) is 10.5. The molecule has 162 valence electrons. The predicted octanol–water partition coefficient (Wildman–Crippen LogP) is 4.36. The van der Waals surface area contributed by atoms with Crippen molar-refractivity contribution in [3.8, 4) is 11.5 Å². The fraction of sp³-hybridized carbons (Fsp3) is 0.391. The highest BCUT2D eigenvalue weighted by Gasteiger charge is 2.21. The molecule has 0 aliphatic heterocycles. The van der Waals surface area contributed by atoms with E-state index in [0.717, 1.165) is 11.1 Å². The van der Waals surface area contributed by atoms with Gasteiger partial charge in [-0.3, -0.25) is 4.79 Å². The summed E-state index contributed by atoms with van der Waals surface area (Å²) in [6, 6.07) is 15.0. The van der Waals surface area contributed by atoms with Crippen molar-refractivity contribution in [2.45, 2.75) is 45.3 Å². The molecule has 2 rings (SSSR count). The smallest absolute Gasteiger partial charge is 0.407 e. The van der Waals surface area contributed by atoms with Gasteiger partial charge in [0.25, 0.3) is 0 Å². The first-order valence-electron chi connectivity index (χ1n) is 9.71. The Labute approximate surface area is 177 Å². The number of hydrogen-bond acceptors (Lipinski definition) is 5. The summed E-state index contributed by atoms with van der Waals surface area (Å²) in [7, 11) is 1.53. The molecule has 0 aliphatic carbocycles. The van der Waals surface area contributed by atoms with Crippen molar-refractivity contribution >= 4 is 12.1 Å². The van der Waals surface area contributed by atoms with Gasteiger partial charge in [-0.1, -0.05) is 36.4 Å². The van der Waals surface area contributed by atoms with E-state index in [1.165, 1.54) is 7.11 Å². The molecule has 2 N–H and O–H groups in total. The Balaban J connectivity index is 2.11. The van der Waals surface area contributed by atoms with Gasteiger partial charge in [0, 0.05) is 12.5 Å². The summed E-state index contributed by atoms with van der Waals surface area (Å²) in [4.78, 5) is 23.3. The molecule has 0 aromatic heterocycles. The van der Waals surface area contributed by atoms with Crippen LogP contribution in [0.5, 0.6) is 11.5 Å². The lowest BCUT2D eigenvalue weighted by Gasteiger charge is -2.22. The van der Waals surface area contributed by atoms with Gasteiger partial charge in [-0.25, -0.2) is 4.79 Å². The van der Waals surface area contributed by atoms with Gasteiger partial charge in [-0.15, -0.1) is 0 Å². The van der Waals surface area contributed by atoms with Crippen LogP contribution < -0.4 is 14.8 Å². The molecule has 0 radical (unpaired) electrons. The Morgan fingerprint density at radius 3 is 2.37 bits per heavy atom. The van der Waals surface area contributed by atoms with Gasteiger partial charge < -0.3 is 24.6 Å². The zero-order valence-electron chi connectivity index (χ0n) is 17.8. The van der Waals surface area contributed by atoms with Gasteiger partial charge in [0.2, 0.25) is 0 Å². The number of carbonyl (C=O) groups is 2. The number of nitrogens with one attached hydrogen (secondary N) is 1. The van der Waals surface area contributed by atoms with Crippen molar-refractivity contribution in [1.29, 1.82) is 0 Å². The Morgan fingerprint density at radius 2 is 1.77 bits per heavy atom. The van der Waals surface area contributed by atoms with Crippen LogP contribution in [0.15, 0.2) is 48.5 Å². The maximum Gasteiger partial charge on any atom is 0.407 e. The van der Waals surface area contributed by atoms with E-state index in [9.17, 15) is 14.7 Å². The van der Waals surface area contributed by atoms with Crippen molar-refractivity contribution < 1.29 is 28.9 Å². The van der Waals surface area contributed by atoms with Crippen molar-refractivity contribution in [1.82, 2.24) is 5.32 Å². The number of benzene rings is 2. The van der Waals surface area contributed by atoms with Gasteiger partial charge in [0.1, 0.15) is 12.2 Å². The van der Waals surface area contributed by atoms with E-state index >= 15 is 0 Å². The maximum atomic E-state index is 12.0. The van der Waals surface area contributed by atoms with E-state index in [1.807, 2.05) is 30.3 Å². The number of ether oxygens (including phenoxy) is 3. The van der Waals surface area contributed by atoms with Crippen molar-refractivity contribution in [2.75, 3.05) is 13.7 Å². The van der Waals surface area contributed by atoms with E-state index in [2.05, 4.69) is 5.32 Å². The van der Waals surface area contributed by atoms with E-state index in [4.69, 9.17) is 14.2 Å². The molecule has 0 saturated heterocycles. The Kier molecular flexibility index (Phi) is 8.09. The van der Waals surface area contributed by atoms with Gasteiger partial charge >= 0.3 is 12.1 Å². The van der Waals surface area contributed by atoms with Crippen LogP contribution in [0.3, 0.4) is 0 Å². The van der Waals surface area contributed by atoms with Crippen LogP contribution >= 0.6 is 0 Å². The van der Waals surface area contributed by atoms with Crippen molar-refractivity contribution in [2.24, 2.45) is 0 Å². The number of alkyl carbamates (subject to hydrolysis) is 1. The van der Waals surface area contributed by atoms with Gasteiger partial charge in [-0.2, -0.15) is 0 Å². The van der Waals surface area contributed by atoms with Crippen LogP contribution in [0.25, 0.3) is 0 Å². The molecule has 0 aliphatic rings. The molecule has 0 bridgehead atoms. The number of aliphatic carboxylic acids is 1. The van der Waals surface area contributed by atoms with E-state index in [1.54, 1.807) is 39.0 Å². The average molecular weight is 415 g/mol.